The molecule has 81 heavy (non-hydrogen) atoms. The summed E-state index contributed by atoms with van der Waals surface area (Å²) in [5.74, 6) is 1.80. The van der Waals surface area contributed by atoms with Crippen LogP contribution in [0.2, 0.25) is 0 Å². The van der Waals surface area contributed by atoms with Crippen LogP contribution in [0.5, 0.6) is 11.5 Å². The highest BCUT2D eigenvalue weighted by Gasteiger charge is 2.42. The highest BCUT2D eigenvalue weighted by molar-refractivity contribution is 7.18. The van der Waals surface area contributed by atoms with E-state index in [4.69, 9.17) is 19.5 Å². The predicted molar refractivity (Wildman–Crippen MR) is 349 cm³/mol. The molecule has 0 fully saturated rings. The second-order valence-corrected chi connectivity index (χ2v) is 26.3. The van der Waals surface area contributed by atoms with Crippen molar-refractivity contribution >= 4 is 22.7 Å². The van der Waals surface area contributed by atoms with E-state index in [-0.39, 0.29) is 17.5 Å². The Kier molecular flexibility index (Phi) is 23.0. The van der Waals surface area contributed by atoms with Crippen LogP contribution < -0.4 is 20.2 Å². The lowest BCUT2D eigenvalue weighted by molar-refractivity contribution is 0.303. The minimum Gasteiger partial charge on any atom is -0.494 e. The van der Waals surface area contributed by atoms with Crippen LogP contribution in [0.25, 0.3) is 42.4 Å². The fraction of sp³-hybridized carbons (Fsp3) is 0.493. The molecule has 2 aromatic heterocycles. The normalized spacial score (nSPS) is 15.0. The van der Waals surface area contributed by atoms with Gasteiger partial charge in [0.15, 0.2) is 0 Å². The lowest BCUT2D eigenvalue weighted by Crippen LogP contribution is -2.35. The number of thiophene rings is 2. The fourth-order valence-corrected chi connectivity index (χ4v) is 14.9. The van der Waals surface area contributed by atoms with Gasteiger partial charge in [-0.2, -0.15) is 0 Å². The van der Waals surface area contributed by atoms with Crippen molar-refractivity contribution in [2.45, 2.75) is 226 Å². The van der Waals surface area contributed by atoms with Gasteiger partial charge in [-0.05, 0) is 133 Å². The van der Waals surface area contributed by atoms with Gasteiger partial charge >= 0.3 is 0 Å². The average molecular weight is 1120 g/mol. The fourth-order valence-electron chi connectivity index (χ4n) is 13.0. The molecule has 0 amide bonds. The monoisotopic (exact) mass is 1120 g/mol. The van der Waals surface area contributed by atoms with Gasteiger partial charge in [-0.1, -0.05) is 241 Å². The molecule has 0 saturated carbocycles. The number of hydrogen-bond donors (Lipinski definition) is 0. The highest BCUT2D eigenvalue weighted by Crippen LogP contribution is 2.56. The first-order valence-electron chi connectivity index (χ1n) is 32.3. The molecule has 2 unspecified atom stereocenters. The first-order chi connectivity index (χ1) is 39.8. The van der Waals surface area contributed by atoms with Gasteiger partial charge in [-0.3, -0.25) is 9.98 Å². The molecule has 0 bridgehead atoms. The number of ether oxygens (including phenoxy) is 2. The van der Waals surface area contributed by atoms with Crippen molar-refractivity contribution in [3.63, 3.8) is 0 Å². The smallest absolute Gasteiger partial charge is 0.119 e. The molecular formula is C75H96N2O2S2. The maximum atomic E-state index is 6.53. The minimum atomic E-state index is -0.282. The van der Waals surface area contributed by atoms with Gasteiger partial charge in [0.1, 0.15) is 23.6 Å². The molecular weight excluding hydrogens is 1020 g/mol. The number of nitrogens with zero attached hydrogens (tertiary/aromatic N) is 2. The maximum Gasteiger partial charge on any atom is 0.119 e. The van der Waals surface area contributed by atoms with E-state index in [1.807, 2.05) is 22.7 Å². The largest absolute Gasteiger partial charge is 0.494 e. The van der Waals surface area contributed by atoms with Crippen LogP contribution in [0.1, 0.15) is 239 Å². The number of unbranched alkanes of at least 4 members (excludes halogenated alkanes) is 20. The lowest BCUT2D eigenvalue weighted by Gasteiger charge is -2.33. The molecule has 0 saturated heterocycles. The summed E-state index contributed by atoms with van der Waals surface area (Å²) in [6, 6.07) is 45.6. The van der Waals surface area contributed by atoms with Crippen LogP contribution in [-0.4, -0.2) is 13.2 Å². The summed E-state index contributed by atoms with van der Waals surface area (Å²) in [5, 5.41) is 1.94. The minimum absolute atomic E-state index is 0.0272. The summed E-state index contributed by atoms with van der Waals surface area (Å²) in [7, 11) is 0. The topological polar surface area (TPSA) is 43.2 Å². The van der Waals surface area contributed by atoms with Crippen LogP contribution in [0.15, 0.2) is 131 Å². The summed E-state index contributed by atoms with van der Waals surface area (Å²) in [6.07, 6.45) is 33.1. The Bertz CT molecular complexity index is 3180. The Morgan fingerprint density at radius 3 is 1.33 bits per heavy atom. The average Bonchev–Trinajstić information content (AvgIpc) is 4.45. The zero-order chi connectivity index (χ0) is 56.2. The van der Waals surface area contributed by atoms with Crippen molar-refractivity contribution in [1.29, 1.82) is 0 Å². The van der Waals surface area contributed by atoms with E-state index in [0.717, 1.165) is 70.5 Å². The van der Waals surface area contributed by atoms with Gasteiger partial charge in [0.2, 0.25) is 0 Å². The number of aryl methyl sites for hydroxylation is 2. The first-order valence-corrected chi connectivity index (χ1v) is 33.9. The molecule has 6 heteroatoms. The van der Waals surface area contributed by atoms with E-state index in [0.29, 0.717) is 0 Å². The van der Waals surface area contributed by atoms with Gasteiger partial charge in [-0.15, -0.1) is 22.7 Å². The van der Waals surface area contributed by atoms with Crippen molar-refractivity contribution < 1.29 is 9.47 Å². The third-order valence-corrected chi connectivity index (χ3v) is 19.7. The molecule has 2 atom stereocenters. The summed E-state index contributed by atoms with van der Waals surface area (Å²) < 4.78 is 13.0. The van der Waals surface area contributed by atoms with Gasteiger partial charge in [0, 0.05) is 36.1 Å². The Morgan fingerprint density at radius 1 is 0.395 bits per heavy atom. The SMILES string of the molecule is CCCCCCCCOc1cccc(C2N=c3c(-c4ccc(C)s4)ccc(-c4ccc(-c5ccc6c(c5)C(CCCCCCCC)(CCCCCCCC)c5cc(C)ccc5-6)s4)c3=NC2c2cccc(OCCCCCCCC)c2)c1. The molecule has 2 aliphatic rings. The molecule has 3 heterocycles. The molecule has 9 rings (SSSR count). The number of benzene rings is 5. The van der Waals surface area contributed by atoms with E-state index in [2.05, 4.69) is 163 Å². The molecule has 1 aliphatic heterocycles. The molecule has 0 radical (unpaired) electrons. The zero-order valence-corrected chi connectivity index (χ0v) is 52.2. The van der Waals surface area contributed by atoms with E-state index < -0.39 is 0 Å². The Balaban J connectivity index is 1.10. The number of hydrogen-bond acceptors (Lipinski definition) is 6. The van der Waals surface area contributed by atoms with Crippen LogP contribution in [-0.2, 0) is 5.41 Å². The molecule has 4 nitrogen and oxygen atoms in total. The van der Waals surface area contributed by atoms with Crippen LogP contribution >= 0.6 is 22.7 Å². The van der Waals surface area contributed by atoms with Crippen LogP contribution in [0, 0.1) is 13.8 Å². The summed E-state index contributed by atoms with van der Waals surface area (Å²) in [6.45, 7) is 15.1. The van der Waals surface area contributed by atoms with Crippen molar-refractivity contribution in [2.24, 2.45) is 9.98 Å². The molecule has 0 N–H and O–H groups in total. The Labute approximate surface area is 497 Å². The number of fused-ring (bicyclic) bond motifs is 4. The predicted octanol–water partition coefficient (Wildman–Crippen LogP) is 22.4. The van der Waals surface area contributed by atoms with Crippen molar-refractivity contribution in [3.05, 3.63) is 165 Å². The van der Waals surface area contributed by atoms with E-state index in [1.165, 1.54) is 196 Å². The molecule has 0 spiro atoms. The summed E-state index contributed by atoms with van der Waals surface area (Å²) in [4.78, 5) is 16.9. The van der Waals surface area contributed by atoms with Crippen molar-refractivity contribution in [2.75, 3.05) is 13.2 Å². The summed E-state index contributed by atoms with van der Waals surface area (Å²) >= 11 is 3.74. The Morgan fingerprint density at radius 2 is 0.827 bits per heavy atom. The van der Waals surface area contributed by atoms with E-state index in [9.17, 15) is 0 Å². The van der Waals surface area contributed by atoms with Crippen LogP contribution in [0.3, 0.4) is 0 Å². The quantitative estimate of drug-likeness (QED) is 0.0372. The Hall–Kier alpha value is -5.30. The lowest BCUT2D eigenvalue weighted by atomic mass is 9.70. The highest BCUT2D eigenvalue weighted by atomic mass is 32.1. The van der Waals surface area contributed by atoms with Crippen LogP contribution in [0.4, 0.5) is 0 Å². The second kappa shape index (κ2) is 30.8. The molecule has 7 aromatic rings. The van der Waals surface area contributed by atoms with Gasteiger partial charge in [0.25, 0.3) is 0 Å². The first kappa shape index (κ1) is 60.3. The van der Waals surface area contributed by atoms with E-state index >= 15 is 0 Å². The third kappa shape index (κ3) is 15.5. The van der Waals surface area contributed by atoms with Crippen molar-refractivity contribution in [1.82, 2.24) is 0 Å². The third-order valence-electron chi connectivity index (χ3n) is 17.5. The van der Waals surface area contributed by atoms with Gasteiger partial charge in [-0.25, -0.2) is 0 Å². The zero-order valence-electron chi connectivity index (χ0n) is 50.5. The van der Waals surface area contributed by atoms with Crippen molar-refractivity contribution in [3.8, 4) is 53.9 Å². The standard InChI is InChI=1S/C75H96N2O2S2/c1-7-11-15-19-23-27-47-75(48-28-24-20-16-12-8-2)66-51-55(5)37-40-62(66)63-41-39-57(54-67(63)75)68-45-46-70(81-68)65-43-42-64(69-44-38-56(6)80-69)73-74(65)77-72(59-34-32-36-61(53-59)79-50-30-26-22-18-14-10-4)71(76-73)58-33-31-35-60(52-58)78-49-29-25-21-17-13-9-3/h31-46,51-54,71-72H,7-30,47-50H2,1-6H3. The molecule has 430 valence electrons. The summed E-state index contributed by atoms with van der Waals surface area (Å²) in [5.41, 5.74) is 13.3. The molecule has 5 aromatic carbocycles. The number of rotatable bonds is 35. The molecule has 1 aliphatic carbocycles. The maximum absolute atomic E-state index is 6.53. The van der Waals surface area contributed by atoms with E-state index in [1.54, 1.807) is 11.1 Å². The van der Waals surface area contributed by atoms with Gasteiger partial charge in [0.05, 0.1) is 23.9 Å². The second-order valence-electron chi connectivity index (χ2n) is 23.9. The van der Waals surface area contributed by atoms with Gasteiger partial charge < -0.3 is 9.47 Å².